The van der Waals surface area contributed by atoms with Crippen molar-refractivity contribution in [3.63, 3.8) is 0 Å². The Morgan fingerprint density at radius 3 is 2.25 bits per heavy atom. The van der Waals surface area contributed by atoms with E-state index in [-0.39, 0.29) is 6.29 Å². The maximum absolute atomic E-state index is 5.95. The molecule has 2 aliphatic rings. The Morgan fingerprint density at radius 1 is 0.950 bits per heavy atom. The lowest BCUT2D eigenvalue weighted by Crippen LogP contribution is -2.39. The third-order valence-corrected chi connectivity index (χ3v) is 4.64. The van der Waals surface area contributed by atoms with Gasteiger partial charge in [-0.15, -0.1) is 0 Å². The third kappa shape index (κ3) is 5.01. The van der Waals surface area contributed by atoms with Crippen LogP contribution in [0.2, 0.25) is 0 Å². The summed E-state index contributed by atoms with van der Waals surface area (Å²) in [6.45, 7) is 7.16. The molecular weight excluding hydrogens is 252 g/mol. The molecule has 1 aliphatic carbocycles. The summed E-state index contributed by atoms with van der Waals surface area (Å²) in [5, 5.41) is 0. The molecule has 1 heterocycles. The van der Waals surface area contributed by atoms with Crippen molar-refractivity contribution in [1.29, 1.82) is 0 Å². The second-order valence-electron chi connectivity index (χ2n) is 6.45. The molecule has 0 aromatic heterocycles. The van der Waals surface area contributed by atoms with Crippen LogP contribution in [-0.4, -0.2) is 32.2 Å². The lowest BCUT2D eigenvalue weighted by molar-refractivity contribution is -0.231. The fourth-order valence-corrected chi connectivity index (χ4v) is 3.33. The number of hydrogen-bond acceptors (Lipinski definition) is 3. The molecule has 1 saturated carbocycles. The minimum absolute atomic E-state index is 0.0553. The third-order valence-electron chi connectivity index (χ3n) is 4.64. The molecule has 0 aromatic carbocycles. The predicted molar refractivity (Wildman–Crippen MR) is 80.7 cm³/mol. The van der Waals surface area contributed by atoms with Crippen molar-refractivity contribution in [1.82, 2.24) is 0 Å². The van der Waals surface area contributed by atoms with Gasteiger partial charge in [-0.1, -0.05) is 26.7 Å². The molecule has 0 bridgehead atoms. The van der Waals surface area contributed by atoms with Gasteiger partial charge < -0.3 is 14.2 Å². The first-order chi connectivity index (χ1) is 9.83. The fourth-order valence-electron chi connectivity index (χ4n) is 3.33. The van der Waals surface area contributed by atoms with Crippen molar-refractivity contribution in [2.24, 2.45) is 11.8 Å². The van der Waals surface area contributed by atoms with E-state index in [4.69, 9.17) is 14.2 Å². The summed E-state index contributed by atoms with van der Waals surface area (Å²) in [6, 6.07) is 0. The Kier molecular flexibility index (Phi) is 7.32. The number of hydrogen-bond donors (Lipinski definition) is 0. The minimum atomic E-state index is 0.0553. The Morgan fingerprint density at radius 2 is 1.65 bits per heavy atom. The van der Waals surface area contributed by atoms with E-state index in [0.29, 0.717) is 17.9 Å². The second-order valence-corrected chi connectivity index (χ2v) is 6.45. The van der Waals surface area contributed by atoms with Gasteiger partial charge in [0.1, 0.15) is 0 Å². The molecule has 2 fully saturated rings. The van der Waals surface area contributed by atoms with Crippen molar-refractivity contribution in [3.05, 3.63) is 0 Å². The topological polar surface area (TPSA) is 27.7 Å². The van der Waals surface area contributed by atoms with Crippen molar-refractivity contribution in [2.45, 2.75) is 77.6 Å². The van der Waals surface area contributed by atoms with Gasteiger partial charge in [-0.2, -0.15) is 0 Å². The molecule has 0 amide bonds. The highest BCUT2D eigenvalue weighted by atomic mass is 16.7. The van der Waals surface area contributed by atoms with Crippen LogP contribution in [-0.2, 0) is 14.2 Å². The van der Waals surface area contributed by atoms with E-state index in [9.17, 15) is 0 Å². The molecular formula is C17H32O3. The number of unbranched alkanes of at least 4 members (excludes halogenated alkanes) is 1. The summed E-state index contributed by atoms with van der Waals surface area (Å²) >= 11 is 0. The molecule has 0 aromatic rings. The molecule has 20 heavy (non-hydrogen) atoms. The normalized spacial score (nSPS) is 35.1. The van der Waals surface area contributed by atoms with E-state index < -0.39 is 0 Å². The smallest absolute Gasteiger partial charge is 0.160 e. The summed E-state index contributed by atoms with van der Waals surface area (Å²) in [7, 11) is 0. The van der Waals surface area contributed by atoms with Crippen LogP contribution in [0, 0.1) is 11.8 Å². The summed E-state index contributed by atoms with van der Waals surface area (Å²) in [6.07, 6.45) is 10.1. The van der Waals surface area contributed by atoms with E-state index in [2.05, 4.69) is 13.8 Å². The lowest BCUT2D eigenvalue weighted by Gasteiger charge is -2.37. The van der Waals surface area contributed by atoms with Crippen molar-refractivity contribution in [3.8, 4) is 0 Å². The van der Waals surface area contributed by atoms with Crippen LogP contribution in [0.15, 0.2) is 0 Å². The largest absolute Gasteiger partial charge is 0.378 e. The zero-order chi connectivity index (χ0) is 14.2. The van der Waals surface area contributed by atoms with Gasteiger partial charge in [-0.25, -0.2) is 0 Å². The average molecular weight is 284 g/mol. The van der Waals surface area contributed by atoms with Gasteiger partial charge in [0.25, 0.3) is 0 Å². The summed E-state index contributed by atoms with van der Waals surface area (Å²) in [4.78, 5) is 0. The van der Waals surface area contributed by atoms with E-state index >= 15 is 0 Å². The predicted octanol–water partition coefficient (Wildman–Crippen LogP) is 4.15. The number of rotatable bonds is 7. The van der Waals surface area contributed by atoms with Gasteiger partial charge in [0.15, 0.2) is 6.29 Å². The van der Waals surface area contributed by atoms with Crippen LogP contribution >= 0.6 is 0 Å². The molecule has 0 atom stereocenters. The highest BCUT2D eigenvalue weighted by Crippen LogP contribution is 2.32. The highest BCUT2D eigenvalue weighted by Gasteiger charge is 2.32. The van der Waals surface area contributed by atoms with Crippen LogP contribution < -0.4 is 0 Å². The molecule has 0 N–H and O–H groups in total. The number of ether oxygens (including phenoxy) is 3. The van der Waals surface area contributed by atoms with E-state index in [0.717, 1.165) is 19.8 Å². The van der Waals surface area contributed by atoms with Crippen molar-refractivity contribution in [2.75, 3.05) is 19.8 Å². The highest BCUT2D eigenvalue weighted by molar-refractivity contribution is 4.77. The zero-order valence-electron chi connectivity index (χ0n) is 13.3. The molecule has 0 radical (unpaired) electrons. The second kappa shape index (κ2) is 9.01. The van der Waals surface area contributed by atoms with Crippen LogP contribution in [0.25, 0.3) is 0 Å². The van der Waals surface area contributed by atoms with Crippen LogP contribution in [0.4, 0.5) is 0 Å². The van der Waals surface area contributed by atoms with Gasteiger partial charge in [0.05, 0.1) is 19.3 Å². The SMILES string of the molecule is CCCCOC1CCC([C@H]2OC[C@H](CCC)CO2)CC1. The standard InChI is InChI=1S/C17H32O3/c1-3-5-11-18-16-9-7-15(8-10-16)17-19-12-14(6-4-2)13-20-17/h14-17H,3-13H2,1-2H3/t14-,15?,16?,17-. The molecule has 1 aliphatic heterocycles. The maximum atomic E-state index is 5.95. The van der Waals surface area contributed by atoms with Gasteiger partial charge >= 0.3 is 0 Å². The van der Waals surface area contributed by atoms with E-state index in [1.165, 1.54) is 51.4 Å². The van der Waals surface area contributed by atoms with Gasteiger partial charge in [0.2, 0.25) is 0 Å². The van der Waals surface area contributed by atoms with Gasteiger partial charge in [0, 0.05) is 18.4 Å². The Labute approximate surface area is 124 Å². The van der Waals surface area contributed by atoms with Crippen LogP contribution in [0.1, 0.15) is 65.2 Å². The lowest BCUT2D eigenvalue weighted by atomic mass is 9.86. The van der Waals surface area contributed by atoms with Crippen LogP contribution in [0.3, 0.4) is 0 Å². The van der Waals surface area contributed by atoms with E-state index in [1.54, 1.807) is 0 Å². The molecule has 3 nitrogen and oxygen atoms in total. The Hall–Kier alpha value is -0.120. The summed E-state index contributed by atoms with van der Waals surface area (Å²) < 4.78 is 17.8. The molecule has 2 rings (SSSR count). The maximum Gasteiger partial charge on any atom is 0.160 e. The first-order valence-electron chi connectivity index (χ1n) is 8.68. The van der Waals surface area contributed by atoms with Gasteiger partial charge in [-0.3, -0.25) is 0 Å². The molecule has 1 saturated heterocycles. The monoisotopic (exact) mass is 284 g/mol. The quantitative estimate of drug-likeness (QED) is 0.657. The molecule has 0 unspecified atom stereocenters. The minimum Gasteiger partial charge on any atom is -0.378 e. The summed E-state index contributed by atoms with van der Waals surface area (Å²) in [5.74, 6) is 1.20. The zero-order valence-corrected chi connectivity index (χ0v) is 13.3. The first kappa shape index (κ1) is 16.3. The van der Waals surface area contributed by atoms with Crippen molar-refractivity contribution < 1.29 is 14.2 Å². The van der Waals surface area contributed by atoms with E-state index in [1.807, 2.05) is 0 Å². The molecule has 0 spiro atoms. The Bertz CT molecular complexity index is 241. The van der Waals surface area contributed by atoms with Crippen LogP contribution in [0.5, 0.6) is 0 Å². The first-order valence-corrected chi connectivity index (χ1v) is 8.68. The van der Waals surface area contributed by atoms with Gasteiger partial charge in [-0.05, 0) is 38.5 Å². The Balaban J connectivity index is 1.62. The fraction of sp³-hybridized carbons (Fsp3) is 1.00. The summed E-state index contributed by atoms with van der Waals surface area (Å²) in [5.41, 5.74) is 0. The molecule has 3 heteroatoms. The van der Waals surface area contributed by atoms with Crippen molar-refractivity contribution >= 4 is 0 Å². The molecule has 118 valence electrons. The average Bonchev–Trinajstić information content (AvgIpc) is 2.49.